The van der Waals surface area contributed by atoms with E-state index < -0.39 is 0 Å². The maximum Gasteiger partial charge on any atom is 0.251 e. The van der Waals surface area contributed by atoms with E-state index >= 15 is 0 Å². The van der Waals surface area contributed by atoms with Gasteiger partial charge in [0.05, 0.1) is 0 Å². The lowest BCUT2D eigenvalue weighted by Gasteiger charge is -2.43. The van der Waals surface area contributed by atoms with Gasteiger partial charge in [-0.05, 0) is 20.8 Å². The van der Waals surface area contributed by atoms with Crippen molar-refractivity contribution in [2.45, 2.75) is 32.4 Å². The van der Waals surface area contributed by atoms with Gasteiger partial charge in [0.25, 0.3) is 5.91 Å². The van der Waals surface area contributed by atoms with Crippen LogP contribution >= 0.6 is 0 Å². The summed E-state index contributed by atoms with van der Waals surface area (Å²) < 4.78 is 5.06. The van der Waals surface area contributed by atoms with Crippen LogP contribution in [0.15, 0.2) is 0 Å². The number of carbonyl (C=O) groups is 1. The van der Waals surface area contributed by atoms with Crippen LogP contribution in [0.1, 0.15) is 20.8 Å². The summed E-state index contributed by atoms with van der Waals surface area (Å²) in [5, 5.41) is 0. The maximum absolute atomic E-state index is 11.9. The summed E-state index contributed by atoms with van der Waals surface area (Å²) in [6.07, 6.45) is -0.343. The summed E-state index contributed by atoms with van der Waals surface area (Å²) in [6, 6.07) is 0. The topological polar surface area (TPSA) is 58.8 Å². The summed E-state index contributed by atoms with van der Waals surface area (Å²) in [7, 11) is 1.57. The van der Waals surface area contributed by atoms with Gasteiger partial charge in [0, 0.05) is 45.4 Å². The minimum atomic E-state index is -0.343. The molecule has 2 N–H and O–H groups in total. The number of hydrogen-bond acceptors (Lipinski definition) is 4. The lowest BCUT2D eigenvalue weighted by Crippen LogP contribution is -2.59. The zero-order valence-electron chi connectivity index (χ0n) is 11.4. The molecule has 0 aromatic heterocycles. The molecule has 100 valence electrons. The monoisotopic (exact) mass is 243 g/mol. The van der Waals surface area contributed by atoms with Gasteiger partial charge in [-0.2, -0.15) is 0 Å². The first-order valence-electron chi connectivity index (χ1n) is 6.19. The Hall–Kier alpha value is -0.650. The second-order valence-electron chi connectivity index (χ2n) is 5.21. The van der Waals surface area contributed by atoms with E-state index in [2.05, 4.69) is 18.7 Å². The van der Waals surface area contributed by atoms with E-state index in [-0.39, 0.29) is 17.6 Å². The Balaban J connectivity index is 2.49. The van der Waals surface area contributed by atoms with Crippen LogP contribution in [0.4, 0.5) is 0 Å². The van der Waals surface area contributed by atoms with Gasteiger partial charge in [-0.25, -0.2) is 0 Å². The molecule has 0 saturated carbocycles. The molecule has 1 unspecified atom stereocenters. The van der Waals surface area contributed by atoms with Crippen molar-refractivity contribution in [2.75, 3.05) is 39.8 Å². The first-order chi connectivity index (χ1) is 7.92. The molecule has 5 heteroatoms. The minimum Gasteiger partial charge on any atom is -0.372 e. The molecule has 17 heavy (non-hydrogen) atoms. The maximum atomic E-state index is 11.9. The zero-order chi connectivity index (χ0) is 13.1. The third-order valence-electron chi connectivity index (χ3n) is 3.65. The van der Waals surface area contributed by atoms with E-state index in [1.54, 1.807) is 14.0 Å². The van der Waals surface area contributed by atoms with Gasteiger partial charge in [-0.1, -0.05) is 0 Å². The molecule has 1 fully saturated rings. The molecule has 0 spiro atoms. The first kappa shape index (κ1) is 14.4. The summed E-state index contributed by atoms with van der Waals surface area (Å²) in [5.74, 6) is 0.0812. The lowest BCUT2D eigenvalue weighted by atomic mass is 10.0. The molecule has 1 aliphatic heterocycles. The van der Waals surface area contributed by atoms with Gasteiger partial charge in [0.1, 0.15) is 6.10 Å². The van der Waals surface area contributed by atoms with Gasteiger partial charge < -0.3 is 15.4 Å². The van der Waals surface area contributed by atoms with Crippen LogP contribution in [0.25, 0.3) is 0 Å². The van der Waals surface area contributed by atoms with E-state index in [4.69, 9.17) is 10.5 Å². The Bertz CT molecular complexity index is 260. The predicted molar refractivity (Wildman–Crippen MR) is 67.8 cm³/mol. The van der Waals surface area contributed by atoms with E-state index in [0.29, 0.717) is 6.54 Å². The van der Waals surface area contributed by atoms with Gasteiger partial charge in [0.15, 0.2) is 0 Å². The summed E-state index contributed by atoms with van der Waals surface area (Å²) in [5.41, 5.74) is 5.78. The van der Waals surface area contributed by atoms with Crippen molar-refractivity contribution in [3.63, 3.8) is 0 Å². The molecule has 0 aromatic carbocycles. The number of nitrogens with two attached hydrogens (primary N) is 1. The normalized spacial score (nSPS) is 20.4. The Kier molecular flexibility index (Phi) is 4.91. The molecule has 1 amide bonds. The SMILES string of the molecule is COC(C)C(=O)N1CCN(C(C)(C)CN)CC1. The Morgan fingerprint density at radius 2 is 1.88 bits per heavy atom. The number of methoxy groups -OCH3 is 1. The third-order valence-corrected chi connectivity index (χ3v) is 3.65. The fourth-order valence-electron chi connectivity index (χ4n) is 2.02. The molecule has 1 atom stereocenters. The molecule has 5 nitrogen and oxygen atoms in total. The van der Waals surface area contributed by atoms with Crippen molar-refractivity contribution < 1.29 is 9.53 Å². The lowest BCUT2D eigenvalue weighted by molar-refractivity contribution is -0.143. The Morgan fingerprint density at radius 1 is 1.35 bits per heavy atom. The van der Waals surface area contributed by atoms with Crippen LogP contribution in [0.2, 0.25) is 0 Å². The Morgan fingerprint density at radius 3 is 2.29 bits per heavy atom. The first-order valence-corrected chi connectivity index (χ1v) is 6.19. The molecule has 0 radical (unpaired) electrons. The highest BCUT2D eigenvalue weighted by Crippen LogP contribution is 2.16. The van der Waals surface area contributed by atoms with Crippen LogP contribution in [0.3, 0.4) is 0 Å². The van der Waals surface area contributed by atoms with Gasteiger partial charge >= 0.3 is 0 Å². The molecule has 1 saturated heterocycles. The predicted octanol–water partition coefficient (Wildman–Crippen LogP) is -0.0972. The van der Waals surface area contributed by atoms with Gasteiger partial charge in [0.2, 0.25) is 0 Å². The van der Waals surface area contributed by atoms with E-state index in [1.807, 2.05) is 4.90 Å². The number of nitrogens with zero attached hydrogens (tertiary/aromatic N) is 2. The van der Waals surface area contributed by atoms with Crippen LogP contribution in [-0.4, -0.2) is 67.2 Å². The van der Waals surface area contributed by atoms with Crippen molar-refractivity contribution >= 4 is 5.91 Å². The highest BCUT2D eigenvalue weighted by molar-refractivity contribution is 5.80. The second kappa shape index (κ2) is 5.80. The highest BCUT2D eigenvalue weighted by Gasteiger charge is 2.31. The van der Waals surface area contributed by atoms with Crippen LogP contribution in [-0.2, 0) is 9.53 Å². The molecular weight excluding hydrogens is 218 g/mol. The van der Waals surface area contributed by atoms with Crippen molar-refractivity contribution in [3.05, 3.63) is 0 Å². The summed E-state index contributed by atoms with van der Waals surface area (Å²) >= 11 is 0. The fourth-order valence-corrected chi connectivity index (χ4v) is 2.02. The molecule has 1 heterocycles. The second-order valence-corrected chi connectivity index (χ2v) is 5.21. The molecule has 1 rings (SSSR count). The van der Waals surface area contributed by atoms with E-state index in [9.17, 15) is 4.79 Å². The Labute approximate surface area is 104 Å². The largest absolute Gasteiger partial charge is 0.372 e. The van der Waals surface area contributed by atoms with E-state index in [0.717, 1.165) is 26.2 Å². The number of piperazine rings is 1. The molecule has 0 aromatic rings. The van der Waals surface area contributed by atoms with Crippen molar-refractivity contribution in [1.82, 2.24) is 9.80 Å². The highest BCUT2D eigenvalue weighted by atomic mass is 16.5. The van der Waals surface area contributed by atoms with Crippen LogP contribution in [0.5, 0.6) is 0 Å². The van der Waals surface area contributed by atoms with Gasteiger partial charge in [-0.3, -0.25) is 9.69 Å². The van der Waals surface area contributed by atoms with E-state index in [1.165, 1.54) is 0 Å². The number of hydrogen-bond donors (Lipinski definition) is 1. The molecular formula is C12H25N3O2. The third kappa shape index (κ3) is 3.40. The average Bonchev–Trinajstić information content (AvgIpc) is 2.37. The number of amides is 1. The smallest absolute Gasteiger partial charge is 0.251 e. The number of ether oxygens (including phenoxy) is 1. The summed E-state index contributed by atoms with van der Waals surface area (Å²) in [6.45, 7) is 9.99. The quantitative estimate of drug-likeness (QED) is 0.749. The number of rotatable bonds is 4. The fraction of sp³-hybridized carbons (Fsp3) is 0.917. The molecule has 0 bridgehead atoms. The van der Waals surface area contributed by atoms with Crippen LogP contribution in [0, 0.1) is 0 Å². The molecule has 0 aliphatic carbocycles. The summed E-state index contributed by atoms with van der Waals surface area (Å²) in [4.78, 5) is 16.1. The molecule has 1 aliphatic rings. The van der Waals surface area contributed by atoms with Crippen molar-refractivity contribution in [3.8, 4) is 0 Å². The van der Waals surface area contributed by atoms with Crippen LogP contribution < -0.4 is 5.73 Å². The number of carbonyl (C=O) groups excluding carboxylic acids is 1. The zero-order valence-corrected chi connectivity index (χ0v) is 11.4. The van der Waals surface area contributed by atoms with Crippen molar-refractivity contribution in [2.24, 2.45) is 5.73 Å². The average molecular weight is 243 g/mol. The van der Waals surface area contributed by atoms with Crippen molar-refractivity contribution in [1.29, 1.82) is 0 Å². The van der Waals surface area contributed by atoms with Gasteiger partial charge in [-0.15, -0.1) is 0 Å². The minimum absolute atomic E-state index is 0.0159. The standard InChI is InChI=1S/C12H25N3O2/c1-10(17-4)11(16)14-5-7-15(8-6-14)12(2,3)9-13/h10H,5-9,13H2,1-4H3.